The second-order valence-corrected chi connectivity index (χ2v) is 5.97. The van der Waals surface area contributed by atoms with Crippen molar-refractivity contribution in [2.75, 3.05) is 5.32 Å². The average Bonchev–Trinajstić information content (AvgIpc) is 2.72. The number of allylic oxidation sites excluding steroid dienone is 6. The molecule has 2 aromatic rings. The van der Waals surface area contributed by atoms with Gasteiger partial charge < -0.3 is 10.4 Å². The van der Waals surface area contributed by atoms with Gasteiger partial charge in [0.15, 0.2) is 11.6 Å². The standard InChI is InChI=1S/C22H19NO3.C2H6/c1-3-4-5-6-9-14(2)23-17-12-13-18(24)20-19(17)21(25)15-10-7-8-11-16(15)22(20)26;1-2/h3-13,23-24H,1-2H3;1-2H3/b4-3-,6-5-,14-9+;. The Balaban J connectivity index is 0.00000136. The van der Waals surface area contributed by atoms with E-state index in [1.807, 2.05) is 58.1 Å². The van der Waals surface area contributed by atoms with Crippen molar-refractivity contribution < 1.29 is 14.7 Å². The van der Waals surface area contributed by atoms with Crippen LogP contribution in [0.5, 0.6) is 5.75 Å². The van der Waals surface area contributed by atoms with Gasteiger partial charge in [0.25, 0.3) is 0 Å². The molecular formula is C24H25NO3. The number of phenolic OH excluding ortho intramolecular Hbond substituents is 1. The molecule has 0 saturated heterocycles. The quantitative estimate of drug-likeness (QED) is 0.457. The van der Waals surface area contributed by atoms with Crippen LogP contribution in [0.4, 0.5) is 5.69 Å². The molecule has 0 amide bonds. The second kappa shape index (κ2) is 9.51. The highest BCUT2D eigenvalue weighted by Gasteiger charge is 2.33. The number of carbonyl (C=O) groups excluding carboxylic acids is 2. The summed E-state index contributed by atoms with van der Waals surface area (Å²) in [4.78, 5) is 25.7. The monoisotopic (exact) mass is 375 g/mol. The van der Waals surface area contributed by atoms with E-state index in [0.29, 0.717) is 16.8 Å². The van der Waals surface area contributed by atoms with Gasteiger partial charge in [-0.15, -0.1) is 0 Å². The summed E-state index contributed by atoms with van der Waals surface area (Å²) in [5, 5.41) is 13.4. The van der Waals surface area contributed by atoms with Crippen molar-refractivity contribution in [3.05, 3.63) is 94.7 Å². The summed E-state index contributed by atoms with van der Waals surface area (Å²) in [7, 11) is 0. The van der Waals surface area contributed by atoms with Crippen LogP contribution >= 0.6 is 0 Å². The van der Waals surface area contributed by atoms with E-state index in [1.165, 1.54) is 6.07 Å². The Bertz CT molecular complexity index is 981. The fourth-order valence-corrected chi connectivity index (χ4v) is 2.94. The SMILES string of the molecule is CC.C\C=C/C=C\C=C(/C)Nc1ccc(O)c2c1C(=O)c1ccccc1C2=O. The number of ketones is 2. The number of benzene rings is 2. The van der Waals surface area contributed by atoms with Gasteiger partial charge in [0.05, 0.1) is 16.8 Å². The summed E-state index contributed by atoms with van der Waals surface area (Å²) in [5.74, 6) is -0.801. The molecule has 4 heteroatoms. The minimum atomic E-state index is -0.342. The number of hydrogen-bond acceptors (Lipinski definition) is 4. The first-order valence-electron chi connectivity index (χ1n) is 9.32. The minimum absolute atomic E-state index is 0.0518. The molecule has 0 heterocycles. The first-order chi connectivity index (χ1) is 13.5. The molecule has 0 saturated carbocycles. The fourth-order valence-electron chi connectivity index (χ4n) is 2.94. The van der Waals surface area contributed by atoms with E-state index < -0.39 is 0 Å². The van der Waals surface area contributed by atoms with E-state index in [0.717, 1.165) is 5.70 Å². The van der Waals surface area contributed by atoms with E-state index in [4.69, 9.17) is 0 Å². The van der Waals surface area contributed by atoms with Gasteiger partial charge in [0.1, 0.15) is 5.75 Å². The number of rotatable bonds is 4. The van der Waals surface area contributed by atoms with Crippen LogP contribution in [0.2, 0.25) is 0 Å². The van der Waals surface area contributed by atoms with Crippen molar-refractivity contribution >= 4 is 17.3 Å². The molecule has 2 aromatic carbocycles. The zero-order chi connectivity index (χ0) is 20.7. The van der Waals surface area contributed by atoms with Gasteiger partial charge in [-0.25, -0.2) is 0 Å². The summed E-state index contributed by atoms with van der Waals surface area (Å²) in [5.41, 5.74) is 2.23. The number of anilines is 1. The molecule has 0 atom stereocenters. The number of nitrogens with one attached hydrogen (secondary N) is 1. The Labute approximate surface area is 165 Å². The summed E-state index contributed by atoms with van der Waals surface area (Å²) >= 11 is 0. The van der Waals surface area contributed by atoms with Gasteiger partial charge in [-0.1, -0.05) is 62.4 Å². The molecule has 144 valence electrons. The van der Waals surface area contributed by atoms with Gasteiger partial charge in [-0.3, -0.25) is 9.59 Å². The minimum Gasteiger partial charge on any atom is -0.507 e. The molecule has 0 unspecified atom stereocenters. The molecule has 0 aromatic heterocycles. The lowest BCUT2D eigenvalue weighted by Crippen LogP contribution is -2.22. The normalized spacial score (nSPS) is 13.2. The zero-order valence-electron chi connectivity index (χ0n) is 16.6. The predicted octanol–water partition coefficient (Wildman–Crippen LogP) is 5.64. The first-order valence-corrected chi connectivity index (χ1v) is 9.32. The predicted molar refractivity (Wildman–Crippen MR) is 114 cm³/mol. The van der Waals surface area contributed by atoms with Crippen LogP contribution in [0.1, 0.15) is 59.5 Å². The molecule has 0 fully saturated rings. The third-order valence-electron chi connectivity index (χ3n) is 4.15. The number of carbonyl (C=O) groups is 2. The van der Waals surface area contributed by atoms with Gasteiger partial charge >= 0.3 is 0 Å². The van der Waals surface area contributed by atoms with Crippen molar-refractivity contribution in [3.8, 4) is 5.75 Å². The Morgan fingerprint density at radius 2 is 1.50 bits per heavy atom. The Kier molecular flexibility index (Phi) is 7.10. The maximum absolute atomic E-state index is 13.0. The lowest BCUT2D eigenvalue weighted by molar-refractivity contribution is 0.0977. The molecule has 1 aliphatic rings. The van der Waals surface area contributed by atoms with Crippen LogP contribution < -0.4 is 5.32 Å². The molecule has 3 rings (SSSR count). The highest BCUT2D eigenvalue weighted by Crippen LogP contribution is 2.37. The highest BCUT2D eigenvalue weighted by atomic mass is 16.3. The van der Waals surface area contributed by atoms with Gasteiger partial charge in [-0.2, -0.15) is 0 Å². The molecule has 1 aliphatic carbocycles. The average molecular weight is 375 g/mol. The van der Waals surface area contributed by atoms with Crippen molar-refractivity contribution in [2.45, 2.75) is 27.7 Å². The maximum atomic E-state index is 13.0. The Morgan fingerprint density at radius 1 is 0.893 bits per heavy atom. The van der Waals surface area contributed by atoms with Crippen LogP contribution in [0.15, 0.2) is 72.5 Å². The van der Waals surface area contributed by atoms with Crippen molar-refractivity contribution in [2.24, 2.45) is 0 Å². The number of aromatic hydroxyl groups is 1. The molecule has 0 spiro atoms. The highest BCUT2D eigenvalue weighted by molar-refractivity contribution is 6.31. The number of fused-ring (bicyclic) bond motifs is 2. The van der Waals surface area contributed by atoms with Crippen LogP contribution in [0, 0.1) is 0 Å². The third kappa shape index (κ3) is 4.12. The maximum Gasteiger partial charge on any atom is 0.198 e. The molecule has 0 aliphatic heterocycles. The molecule has 0 bridgehead atoms. The van der Waals surface area contributed by atoms with E-state index >= 15 is 0 Å². The Morgan fingerprint density at radius 3 is 2.11 bits per heavy atom. The van der Waals surface area contributed by atoms with E-state index in [-0.39, 0.29) is 28.4 Å². The fraction of sp³-hybridized carbons (Fsp3) is 0.167. The van der Waals surface area contributed by atoms with Crippen LogP contribution in [-0.4, -0.2) is 16.7 Å². The van der Waals surface area contributed by atoms with E-state index in [1.54, 1.807) is 30.3 Å². The van der Waals surface area contributed by atoms with Crippen LogP contribution in [0.25, 0.3) is 0 Å². The van der Waals surface area contributed by atoms with Crippen molar-refractivity contribution in [3.63, 3.8) is 0 Å². The molecular weight excluding hydrogens is 350 g/mol. The first kappa shape index (κ1) is 20.9. The third-order valence-corrected chi connectivity index (χ3v) is 4.15. The summed E-state index contributed by atoms with van der Waals surface area (Å²) in [6.07, 6.45) is 9.46. The van der Waals surface area contributed by atoms with E-state index in [2.05, 4.69) is 5.32 Å². The Hall–Kier alpha value is -3.40. The number of hydrogen-bond donors (Lipinski definition) is 2. The van der Waals surface area contributed by atoms with Gasteiger partial charge in [-0.05, 0) is 32.1 Å². The lowest BCUT2D eigenvalue weighted by atomic mass is 9.82. The van der Waals surface area contributed by atoms with Crippen molar-refractivity contribution in [1.29, 1.82) is 0 Å². The van der Waals surface area contributed by atoms with Gasteiger partial charge in [0.2, 0.25) is 0 Å². The largest absolute Gasteiger partial charge is 0.507 e. The number of phenols is 1. The summed E-state index contributed by atoms with van der Waals surface area (Å²) in [6, 6.07) is 9.72. The smallest absolute Gasteiger partial charge is 0.198 e. The second-order valence-electron chi connectivity index (χ2n) is 5.97. The topological polar surface area (TPSA) is 66.4 Å². The zero-order valence-corrected chi connectivity index (χ0v) is 16.6. The van der Waals surface area contributed by atoms with Crippen molar-refractivity contribution in [1.82, 2.24) is 0 Å². The molecule has 28 heavy (non-hydrogen) atoms. The van der Waals surface area contributed by atoms with Crippen LogP contribution in [0.3, 0.4) is 0 Å². The van der Waals surface area contributed by atoms with Crippen LogP contribution in [-0.2, 0) is 0 Å². The van der Waals surface area contributed by atoms with Gasteiger partial charge in [0, 0.05) is 16.8 Å². The lowest BCUT2D eigenvalue weighted by Gasteiger charge is -2.21. The summed E-state index contributed by atoms with van der Waals surface area (Å²) < 4.78 is 0. The van der Waals surface area contributed by atoms with E-state index in [9.17, 15) is 14.7 Å². The summed E-state index contributed by atoms with van der Waals surface area (Å²) in [6.45, 7) is 7.80. The molecule has 2 N–H and O–H groups in total. The molecule has 4 nitrogen and oxygen atoms in total. The molecule has 0 radical (unpaired) electrons.